The zero-order valence-electron chi connectivity index (χ0n) is 17.3. The lowest BCUT2D eigenvalue weighted by Gasteiger charge is -2.12. The molecule has 0 fully saturated rings. The van der Waals surface area contributed by atoms with Gasteiger partial charge in [0.1, 0.15) is 13.2 Å². The van der Waals surface area contributed by atoms with Crippen LogP contribution in [0.5, 0.6) is 0 Å². The lowest BCUT2D eigenvalue weighted by Crippen LogP contribution is -2.85. The van der Waals surface area contributed by atoms with E-state index in [4.69, 9.17) is 4.74 Å². The Morgan fingerprint density at radius 3 is 2.59 bits per heavy atom. The Morgan fingerprint density at radius 1 is 0.963 bits per heavy atom. The molecule has 3 rings (SSSR count). The first-order valence-electron chi connectivity index (χ1n) is 10.4. The molecule has 2 aromatic rings. The largest absolute Gasteiger partial charge is 0.369 e. The number of nitrogens with zero attached hydrogens (tertiary/aromatic N) is 1. The van der Waals surface area contributed by atoms with Crippen LogP contribution < -0.4 is 5.32 Å². The fourth-order valence-electron chi connectivity index (χ4n) is 3.33. The molecule has 146 valence electrons. The molecule has 1 aliphatic rings. The molecule has 3 heteroatoms. The van der Waals surface area contributed by atoms with Gasteiger partial charge >= 0.3 is 0 Å². The van der Waals surface area contributed by atoms with Crippen molar-refractivity contribution in [3.8, 4) is 0 Å². The number of benzene rings is 2. The maximum Gasteiger partial charge on any atom is 0.171 e. The van der Waals surface area contributed by atoms with Gasteiger partial charge in [0.05, 0.1) is 19.7 Å². The molecule has 0 radical (unpaired) electrons. The first kappa shape index (κ1) is 21.3. The maximum absolute atomic E-state index is 5.81. The van der Waals surface area contributed by atoms with Gasteiger partial charge in [0.15, 0.2) is 12.8 Å². The van der Waals surface area contributed by atoms with Crippen LogP contribution in [0.15, 0.2) is 48.5 Å². The van der Waals surface area contributed by atoms with E-state index in [1.54, 1.807) is 0 Å². The molecule has 3 nitrogen and oxygen atoms in total. The van der Waals surface area contributed by atoms with E-state index in [2.05, 4.69) is 71.6 Å². The van der Waals surface area contributed by atoms with Gasteiger partial charge in [0, 0.05) is 18.4 Å². The molecule has 1 aliphatic heterocycles. The van der Waals surface area contributed by atoms with E-state index in [1.807, 2.05) is 13.8 Å². The highest BCUT2D eigenvalue weighted by molar-refractivity contribution is 5.78. The van der Waals surface area contributed by atoms with Gasteiger partial charge in [0.25, 0.3) is 0 Å². The highest BCUT2D eigenvalue weighted by atomic mass is 16.5. The van der Waals surface area contributed by atoms with Gasteiger partial charge in [-0.25, -0.2) is 4.58 Å². The van der Waals surface area contributed by atoms with E-state index in [0.717, 1.165) is 52.2 Å². The normalized spacial score (nSPS) is 12.6. The Morgan fingerprint density at radius 2 is 1.74 bits per heavy atom. The summed E-state index contributed by atoms with van der Waals surface area (Å²) >= 11 is 0. The van der Waals surface area contributed by atoms with Crippen LogP contribution in [0.3, 0.4) is 0 Å². The van der Waals surface area contributed by atoms with Crippen LogP contribution in [0.25, 0.3) is 0 Å². The number of fused-ring (bicyclic) bond motifs is 1. The summed E-state index contributed by atoms with van der Waals surface area (Å²) in [5, 5.41) is 2.36. The first-order chi connectivity index (χ1) is 13.3. The Labute approximate surface area is 165 Å². The Balaban J connectivity index is 0.00000126. The lowest BCUT2D eigenvalue weighted by atomic mass is 10.0. The number of aryl methyl sites for hydroxylation is 1. The van der Waals surface area contributed by atoms with Crippen LogP contribution >= 0.6 is 0 Å². The highest BCUT2D eigenvalue weighted by Crippen LogP contribution is 2.10. The minimum Gasteiger partial charge on any atom is -0.369 e. The molecule has 0 saturated heterocycles. The predicted octanol–water partition coefficient (Wildman–Crippen LogP) is 2.83. The summed E-state index contributed by atoms with van der Waals surface area (Å²) in [6, 6.07) is 17.3. The molecule has 0 bridgehead atoms. The number of ether oxygens (including phenoxy) is 1. The molecule has 27 heavy (non-hydrogen) atoms. The second-order valence-corrected chi connectivity index (χ2v) is 6.77. The minimum absolute atomic E-state index is 0.810. The summed E-state index contributed by atoms with van der Waals surface area (Å²) in [5.41, 5.74) is 5.67. The van der Waals surface area contributed by atoms with E-state index >= 15 is 0 Å². The average molecular weight is 369 g/mol. The first-order valence-corrected chi connectivity index (χ1v) is 10.4. The summed E-state index contributed by atoms with van der Waals surface area (Å²) in [5.74, 6) is 0. The summed E-state index contributed by atoms with van der Waals surface area (Å²) in [7, 11) is 0. The molecule has 0 saturated carbocycles. The van der Waals surface area contributed by atoms with Crippen LogP contribution in [0, 0.1) is 6.92 Å². The van der Waals surface area contributed by atoms with Crippen molar-refractivity contribution in [3.05, 3.63) is 70.8 Å². The van der Waals surface area contributed by atoms with Crippen LogP contribution in [0.1, 0.15) is 36.1 Å². The number of hydrogen-bond acceptors (Lipinski definition) is 1. The number of rotatable bonds is 9. The standard InChI is InChI=1S/C22H29N2O.C2H6/c1-19-6-2-3-7-20(19)10-12-23-13-16-25-17-15-24-14-11-21-8-4-5-9-22(21)18-24;1-2/h2-9,18,23H,10-17H2,1H3;1-2H3/q+1;/p+1. The van der Waals surface area contributed by atoms with Crippen LogP contribution in [-0.2, 0) is 17.6 Å². The molecule has 0 spiro atoms. The summed E-state index contributed by atoms with van der Waals surface area (Å²) in [6.45, 7) is 12.1. The van der Waals surface area contributed by atoms with Crippen molar-refractivity contribution >= 4 is 6.21 Å². The molecule has 0 atom stereocenters. The van der Waals surface area contributed by atoms with E-state index in [0.29, 0.717) is 0 Å². The van der Waals surface area contributed by atoms with Gasteiger partial charge in [-0.05, 0) is 29.7 Å². The summed E-state index contributed by atoms with van der Waals surface area (Å²) < 4.78 is 8.19. The second kappa shape index (κ2) is 12.4. The van der Waals surface area contributed by atoms with Gasteiger partial charge in [0.2, 0.25) is 0 Å². The average Bonchev–Trinajstić information content (AvgIpc) is 2.72. The van der Waals surface area contributed by atoms with Gasteiger partial charge in [-0.15, -0.1) is 0 Å². The second-order valence-electron chi connectivity index (χ2n) is 6.77. The number of quaternary nitrogens is 1. The highest BCUT2D eigenvalue weighted by Gasteiger charge is 2.14. The summed E-state index contributed by atoms with van der Waals surface area (Å²) in [6.07, 6.45) is 4.55. The Bertz CT molecular complexity index is 709. The van der Waals surface area contributed by atoms with Crippen molar-refractivity contribution in [1.82, 2.24) is 0 Å². The molecule has 2 N–H and O–H groups in total. The number of hydrogen-bond donors (Lipinski definition) is 1. The van der Waals surface area contributed by atoms with Gasteiger partial charge in [-0.1, -0.05) is 56.3 Å². The third-order valence-electron chi connectivity index (χ3n) is 4.91. The van der Waals surface area contributed by atoms with Gasteiger partial charge in [-0.2, -0.15) is 0 Å². The minimum atomic E-state index is 0.810. The molecular weight excluding hydrogens is 332 g/mol. The third kappa shape index (κ3) is 7.28. The Kier molecular flexibility index (Phi) is 9.81. The fraction of sp³-hybridized carbons (Fsp3) is 0.458. The van der Waals surface area contributed by atoms with E-state index in [1.165, 1.54) is 22.3 Å². The van der Waals surface area contributed by atoms with Crippen LogP contribution in [0.4, 0.5) is 0 Å². The number of nitrogens with two attached hydrogens (primary N) is 1. The van der Waals surface area contributed by atoms with Crippen molar-refractivity contribution in [2.24, 2.45) is 0 Å². The molecular formula is C24H36N2O+2. The molecule has 0 amide bonds. The Hall–Kier alpha value is -1.97. The molecule has 1 heterocycles. The van der Waals surface area contributed by atoms with Crippen molar-refractivity contribution in [3.63, 3.8) is 0 Å². The van der Waals surface area contributed by atoms with Crippen molar-refractivity contribution in [2.75, 3.05) is 39.4 Å². The zero-order valence-corrected chi connectivity index (χ0v) is 17.3. The molecule has 0 aliphatic carbocycles. The fourth-order valence-corrected chi connectivity index (χ4v) is 3.33. The molecule has 2 aromatic carbocycles. The van der Waals surface area contributed by atoms with E-state index in [-0.39, 0.29) is 0 Å². The van der Waals surface area contributed by atoms with Crippen LogP contribution in [0.2, 0.25) is 0 Å². The maximum atomic E-state index is 5.81. The smallest absolute Gasteiger partial charge is 0.171 e. The quantitative estimate of drug-likeness (QED) is 0.535. The third-order valence-corrected chi connectivity index (χ3v) is 4.91. The summed E-state index contributed by atoms with van der Waals surface area (Å²) in [4.78, 5) is 0. The van der Waals surface area contributed by atoms with Gasteiger partial charge < -0.3 is 10.1 Å². The van der Waals surface area contributed by atoms with E-state index in [9.17, 15) is 0 Å². The topological polar surface area (TPSA) is 28.9 Å². The predicted molar refractivity (Wildman–Crippen MR) is 114 cm³/mol. The van der Waals surface area contributed by atoms with Crippen LogP contribution in [-0.4, -0.2) is 50.2 Å². The SMILES string of the molecule is CC.Cc1ccccc1CC[NH2+]CCOCC[N+]1=Cc2ccccc2CC1. The van der Waals surface area contributed by atoms with Crippen molar-refractivity contribution in [2.45, 2.75) is 33.6 Å². The lowest BCUT2D eigenvalue weighted by molar-refractivity contribution is -0.656. The van der Waals surface area contributed by atoms with Gasteiger partial charge in [-0.3, -0.25) is 0 Å². The monoisotopic (exact) mass is 368 g/mol. The van der Waals surface area contributed by atoms with Crippen molar-refractivity contribution < 1.29 is 14.6 Å². The van der Waals surface area contributed by atoms with Crippen molar-refractivity contribution in [1.29, 1.82) is 0 Å². The zero-order chi connectivity index (χ0) is 19.3. The van der Waals surface area contributed by atoms with E-state index < -0.39 is 0 Å². The molecule has 0 unspecified atom stereocenters. The molecule has 0 aromatic heterocycles.